The van der Waals surface area contributed by atoms with Gasteiger partial charge in [-0.05, 0) is 24.6 Å². The number of aromatic nitrogens is 2. The van der Waals surface area contributed by atoms with Crippen molar-refractivity contribution in [2.24, 2.45) is 0 Å². The van der Waals surface area contributed by atoms with Crippen molar-refractivity contribution in [3.05, 3.63) is 48.2 Å². The molecule has 1 aromatic carbocycles. The number of carbonyl (C=O) groups is 1. The van der Waals surface area contributed by atoms with Crippen LogP contribution in [0.15, 0.2) is 42.5 Å². The molecule has 23 heavy (non-hydrogen) atoms. The molecular weight excluding hydrogens is 314 g/mol. The Morgan fingerprint density at radius 2 is 2.04 bits per heavy atom. The number of fused-ring (bicyclic) bond motifs is 1. The third-order valence-electron chi connectivity index (χ3n) is 3.08. The quantitative estimate of drug-likeness (QED) is 0.647. The summed E-state index contributed by atoms with van der Waals surface area (Å²) in [4.78, 5) is 19.2. The first-order valence-corrected chi connectivity index (χ1v) is 7.96. The minimum Gasteiger partial charge on any atom is -0.478 e. The van der Waals surface area contributed by atoms with Gasteiger partial charge >= 0.3 is 5.97 Å². The molecule has 0 spiro atoms. The molecule has 0 atom stereocenters. The standard InChI is InChI=1S/C16H15N3O3S/c20-15(21)12-6-3-8-14(18-12)22-10-4-9-17-16-19-11-5-1-2-7-13(11)23-16/h1-3,5-8H,4,9-10H2,(H,17,19)(H,20,21). The van der Waals surface area contributed by atoms with Crippen molar-refractivity contribution in [2.75, 3.05) is 18.5 Å². The van der Waals surface area contributed by atoms with E-state index in [4.69, 9.17) is 9.84 Å². The summed E-state index contributed by atoms with van der Waals surface area (Å²) in [5.41, 5.74) is 0.973. The van der Waals surface area contributed by atoms with Crippen LogP contribution in [0.25, 0.3) is 10.2 Å². The summed E-state index contributed by atoms with van der Waals surface area (Å²) in [5.74, 6) is -0.738. The number of nitrogens with zero attached hydrogens (tertiary/aromatic N) is 2. The van der Waals surface area contributed by atoms with Gasteiger partial charge in [0.05, 0.1) is 16.8 Å². The van der Waals surface area contributed by atoms with Gasteiger partial charge in [0.1, 0.15) is 0 Å². The number of anilines is 1. The normalized spacial score (nSPS) is 10.6. The van der Waals surface area contributed by atoms with Gasteiger partial charge in [0, 0.05) is 12.6 Å². The number of carboxylic acid groups (broad SMARTS) is 1. The van der Waals surface area contributed by atoms with Gasteiger partial charge in [0.2, 0.25) is 5.88 Å². The molecule has 0 aliphatic carbocycles. The van der Waals surface area contributed by atoms with Gasteiger partial charge in [0.15, 0.2) is 10.8 Å². The van der Waals surface area contributed by atoms with E-state index in [1.807, 2.05) is 24.3 Å². The van der Waals surface area contributed by atoms with E-state index in [1.165, 1.54) is 6.07 Å². The summed E-state index contributed by atoms with van der Waals surface area (Å²) in [7, 11) is 0. The number of benzene rings is 1. The highest BCUT2D eigenvalue weighted by molar-refractivity contribution is 7.22. The molecule has 0 saturated carbocycles. The molecule has 0 aliphatic heterocycles. The lowest BCUT2D eigenvalue weighted by molar-refractivity contribution is 0.0689. The van der Waals surface area contributed by atoms with Gasteiger partial charge in [-0.25, -0.2) is 14.8 Å². The molecule has 7 heteroatoms. The summed E-state index contributed by atoms with van der Waals surface area (Å²) in [5, 5.41) is 13.0. The van der Waals surface area contributed by atoms with Crippen LogP contribution in [0.2, 0.25) is 0 Å². The van der Waals surface area contributed by atoms with Gasteiger partial charge in [-0.1, -0.05) is 29.5 Å². The molecule has 2 heterocycles. The summed E-state index contributed by atoms with van der Waals surface area (Å²) in [6.45, 7) is 1.17. The number of thiazole rings is 1. The fourth-order valence-corrected chi connectivity index (χ4v) is 2.90. The minimum absolute atomic E-state index is 0.0184. The maximum absolute atomic E-state index is 10.8. The number of hydrogen-bond donors (Lipinski definition) is 2. The molecule has 2 N–H and O–H groups in total. The molecule has 0 saturated heterocycles. The Balaban J connectivity index is 1.45. The van der Waals surface area contributed by atoms with E-state index in [9.17, 15) is 4.79 Å². The van der Waals surface area contributed by atoms with Crippen LogP contribution < -0.4 is 10.1 Å². The van der Waals surface area contributed by atoms with E-state index in [1.54, 1.807) is 23.5 Å². The van der Waals surface area contributed by atoms with Gasteiger partial charge in [-0.15, -0.1) is 0 Å². The number of ether oxygens (including phenoxy) is 1. The zero-order chi connectivity index (χ0) is 16.1. The lowest BCUT2D eigenvalue weighted by atomic mass is 10.3. The van der Waals surface area contributed by atoms with E-state index in [0.29, 0.717) is 12.5 Å². The van der Waals surface area contributed by atoms with E-state index >= 15 is 0 Å². The molecular formula is C16H15N3O3S. The molecule has 0 unspecified atom stereocenters. The Hall–Kier alpha value is -2.67. The van der Waals surface area contributed by atoms with Crippen molar-refractivity contribution in [3.8, 4) is 5.88 Å². The Bertz CT molecular complexity index is 786. The monoisotopic (exact) mass is 329 g/mol. The van der Waals surface area contributed by atoms with Crippen LogP contribution in [0.4, 0.5) is 5.13 Å². The zero-order valence-electron chi connectivity index (χ0n) is 12.2. The Morgan fingerprint density at radius 3 is 2.87 bits per heavy atom. The third-order valence-corrected chi connectivity index (χ3v) is 4.08. The number of para-hydroxylation sites is 1. The second kappa shape index (κ2) is 7.06. The summed E-state index contributed by atoms with van der Waals surface area (Å²) in [6.07, 6.45) is 0.759. The Morgan fingerprint density at radius 1 is 1.17 bits per heavy atom. The molecule has 2 aromatic heterocycles. The van der Waals surface area contributed by atoms with Crippen molar-refractivity contribution in [1.29, 1.82) is 0 Å². The molecule has 0 bridgehead atoms. The van der Waals surface area contributed by atoms with Crippen molar-refractivity contribution >= 4 is 32.7 Å². The summed E-state index contributed by atoms with van der Waals surface area (Å²) < 4.78 is 6.62. The number of pyridine rings is 1. The third kappa shape index (κ3) is 3.95. The van der Waals surface area contributed by atoms with Crippen molar-refractivity contribution in [3.63, 3.8) is 0 Å². The lowest BCUT2D eigenvalue weighted by Gasteiger charge is -2.06. The average Bonchev–Trinajstić information content (AvgIpc) is 2.97. The van der Waals surface area contributed by atoms with Crippen LogP contribution in [0, 0.1) is 0 Å². The molecule has 0 radical (unpaired) electrons. The number of aromatic carboxylic acids is 1. The SMILES string of the molecule is O=C(O)c1cccc(OCCCNc2nc3ccccc3s2)n1. The van der Waals surface area contributed by atoms with Crippen molar-refractivity contribution < 1.29 is 14.6 Å². The number of hydrogen-bond acceptors (Lipinski definition) is 6. The average molecular weight is 329 g/mol. The van der Waals surface area contributed by atoms with Crippen molar-refractivity contribution in [1.82, 2.24) is 9.97 Å². The molecule has 0 fully saturated rings. The highest BCUT2D eigenvalue weighted by Gasteiger charge is 2.06. The lowest BCUT2D eigenvalue weighted by Crippen LogP contribution is -2.08. The number of rotatable bonds is 7. The van der Waals surface area contributed by atoms with Crippen LogP contribution in [0.1, 0.15) is 16.9 Å². The van der Waals surface area contributed by atoms with Gasteiger partial charge < -0.3 is 15.2 Å². The van der Waals surface area contributed by atoms with Crippen molar-refractivity contribution in [2.45, 2.75) is 6.42 Å². The number of nitrogens with one attached hydrogen (secondary N) is 1. The molecule has 118 valence electrons. The highest BCUT2D eigenvalue weighted by Crippen LogP contribution is 2.25. The van der Waals surface area contributed by atoms with Crippen LogP contribution in [-0.4, -0.2) is 34.2 Å². The van der Waals surface area contributed by atoms with Gasteiger partial charge in [0.25, 0.3) is 0 Å². The fourth-order valence-electron chi connectivity index (χ4n) is 2.01. The van der Waals surface area contributed by atoms with Crippen LogP contribution >= 0.6 is 11.3 Å². The summed E-state index contributed by atoms with van der Waals surface area (Å²) in [6, 6.07) is 12.7. The minimum atomic E-state index is -1.06. The topological polar surface area (TPSA) is 84.3 Å². The Labute approximate surface area is 136 Å². The molecule has 0 amide bonds. The van der Waals surface area contributed by atoms with Crippen LogP contribution in [-0.2, 0) is 0 Å². The predicted octanol–water partition coefficient (Wildman–Crippen LogP) is 3.27. The predicted molar refractivity (Wildman–Crippen MR) is 89.4 cm³/mol. The van der Waals surface area contributed by atoms with E-state index in [2.05, 4.69) is 15.3 Å². The van der Waals surface area contributed by atoms with E-state index < -0.39 is 5.97 Å². The van der Waals surface area contributed by atoms with Gasteiger partial charge in [-0.3, -0.25) is 0 Å². The van der Waals surface area contributed by atoms with Crippen LogP contribution in [0.5, 0.6) is 5.88 Å². The molecule has 3 rings (SSSR count). The van der Waals surface area contributed by atoms with Crippen LogP contribution in [0.3, 0.4) is 0 Å². The second-order valence-electron chi connectivity index (χ2n) is 4.78. The smallest absolute Gasteiger partial charge is 0.354 e. The van der Waals surface area contributed by atoms with E-state index in [-0.39, 0.29) is 5.69 Å². The maximum Gasteiger partial charge on any atom is 0.354 e. The molecule has 3 aromatic rings. The fraction of sp³-hybridized carbons (Fsp3) is 0.188. The number of carboxylic acids is 1. The largest absolute Gasteiger partial charge is 0.478 e. The first-order chi connectivity index (χ1) is 11.2. The Kier molecular flexibility index (Phi) is 4.68. The highest BCUT2D eigenvalue weighted by atomic mass is 32.1. The first-order valence-electron chi connectivity index (χ1n) is 7.15. The second-order valence-corrected chi connectivity index (χ2v) is 5.81. The maximum atomic E-state index is 10.8. The summed E-state index contributed by atoms with van der Waals surface area (Å²) >= 11 is 1.62. The molecule has 0 aliphatic rings. The van der Waals surface area contributed by atoms with E-state index in [0.717, 1.165) is 28.3 Å². The molecule has 6 nitrogen and oxygen atoms in total. The van der Waals surface area contributed by atoms with Gasteiger partial charge in [-0.2, -0.15) is 0 Å². The zero-order valence-corrected chi connectivity index (χ0v) is 13.0. The first kappa shape index (κ1) is 15.2.